The molecule has 0 heterocycles. The molecule has 0 saturated heterocycles. The average molecular weight is 413 g/mol. The smallest absolute Gasteiger partial charge is 0.338 e. The number of allylic oxidation sites excluding steroid dienone is 1. The number of hydrogen-bond donors (Lipinski definition) is 0. The van der Waals surface area contributed by atoms with Crippen molar-refractivity contribution < 1.29 is 19.2 Å². The van der Waals surface area contributed by atoms with E-state index in [4.69, 9.17) is 4.74 Å². The van der Waals surface area contributed by atoms with Gasteiger partial charge in [-0.3, -0.25) is 14.9 Å². The minimum Gasteiger partial charge on any atom is -0.465 e. The van der Waals surface area contributed by atoms with Crippen LogP contribution in [0, 0.1) is 17.0 Å². The van der Waals surface area contributed by atoms with Crippen molar-refractivity contribution in [2.75, 3.05) is 7.11 Å². The molecule has 1 aliphatic carbocycles. The summed E-state index contributed by atoms with van der Waals surface area (Å²) in [5.41, 5.74) is 4.80. The summed E-state index contributed by atoms with van der Waals surface area (Å²) in [5, 5.41) is 11.1. The Balaban J connectivity index is 1.89. The van der Waals surface area contributed by atoms with E-state index in [1.807, 2.05) is 43.3 Å². The number of non-ortho nitro benzene ring substituents is 1. The number of benzene rings is 3. The van der Waals surface area contributed by atoms with Crippen LogP contribution in [0.2, 0.25) is 0 Å². The van der Waals surface area contributed by atoms with Crippen LogP contribution < -0.4 is 0 Å². The average Bonchev–Trinajstić information content (AvgIpc) is 3.07. The van der Waals surface area contributed by atoms with Crippen molar-refractivity contribution in [3.05, 3.63) is 104 Å². The first-order chi connectivity index (χ1) is 14.9. The molecule has 0 aromatic heterocycles. The normalized spacial score (nSPS) is 13.9. The molecule has 0 atom stereocenters. The van der Waals surface area contributed by atoms with Crippen LogP contribution in [0.15, 0.2) is 66.2 Å². The Kier molecular flexibility index (Phi) is 5.21. The minimum absolute atomic E-state index is 0.0360. The zero-order valence-corrected chi connectivity index (χ0v) is 17.0. The predicted octanol–water partition coefficient (Wildman–Crippen LogP) is 5.18. The lowest BCUT2D eigenvalue weighted by Gasteiger charge is -2.15. The van der Waals surface area contributed by atoms with Gasteiger partial charge in [-0.2, -0.15) is 0 Å². The van der Waals surface area contributed by atoms with E-state index in [0.717, 1.165) is 16.7 Å². The van der Waals surface area contributed by atoms with E-state index in [0.29, 0.717) is 34.2 Å². The lowest BCUT2D eigenvalue weighted by molar-refractivity contribution is -0.384. The molecule has 0 fully saturated rings. The van der Waals surface area contributed by atoms with Gasteiger partial charge in [-0.05, 0) is 35.3 Å². The number of nitro benzene ring substituents is 1. The van der Waals surface area contributed by atoms with Gasteiger partial charge in [-0.1, -0.05) is 48.5 Å². The van der Waals surface area contributed by atoms with Gasteiger partial charge in [0.25, 0.3) is 5.69 Å². The Hall–Kier alpha value is -4.06. The number of hydrogen-bond acceptors (Lipinski definition) is 5. The molecule has 0 unspecified atom stereocenters. The summed E-state index contributed by atoms with van der Waals surface area (Å²) in [5.74, 6) is -0.687. The first kappa shape index (κ1) is 20.2. The number of fused-ring (bicyclic) bond motifs is 1. The van der Waals surface area contributed by atoms with Crippen LogP contribution in [0.5, 0.6) is 0 Å². The largest absolute Gasteiger partial charge is 0.465 e. The summed E-state index contributed by atoms with van der Waals surface area (Å²) in [7, 11) is 1.32. The first-order valence-corrected chi connectivity index (χ1v) is 9.70. The number of carbonyl (C=O) groups is 2. The van der Waals surface area contributed by atoms with Crippen LogP contribution in [0.4, 0.5) is 5.69 Å². The van der Waals surface area contributed by atoms with E-state index >= 15 is 0 Å². The molecular formula is C25H19NO5. The van der Waals surface area contributed by atoms with E-state index in [1.165, 1.54) is 19.2 Å². The number of carbonyl (C=O) groups excluding carboxylic acids is 2. The fourth-order valence-corrected chi connectivity index (χ4v) is 4.04. The third kappa shape index (κ3) is 3.64. The van der Waals surface area contributed by atoms with Crippen molar-refractivity contribution in [1.82, 2.24) is 0 Å². The quantitative estimate of drug-likeness (QED) is 0.255. The number of methoxy groups -OCH3 is 1. The second-order valence-corrected chi connectivity index (χ2v) is 7.36. The highest BCUT2D eigenvalue weighted by Crippen LogP contribution is 2.40. The summed E-state index contributed by atoms with van der Waals surface area (Å²) in [6.07, 6.45) is 2.07. The summed E-state index contributed by atoms with van der Waals surface area (Å²) >= 11 is 0. The van der Waals surface area contributed by atoms with Crippen molar-refractivity contribution in [2.45, 2.75) is 13.3 Å². The van der Waals surface area contributed by atoms with Crippen LogP contribution >= 0.6 is 0 Å². The Morgan fingerprint density at radius 1 is 1.06 bits per heavy atom. The van der Waals surface area contributed by atoms with Gasteiger partial charge in [-0.15, -0.1) is 0 Å². The summed E-state index contributed by atoms with van der Waals surface area (Å²) in [6.45, 7) is 1.83. The summed E-state index contributed by atoms with van der Waals surface area (Å²) in [4.78, 5) is 36.6. The molecule has 0 bridgehead atoms. The van der Waals surface area contributed by atoms with Gasteiger partial charge >= 0.3 is 5.97 Å². The maximum Gasteiger partial charge on any atom is 0.338 e. The zero-order chi connectivity index (χ0) is 22.1. The van der Waals surface area contributed by atoms with E-state index in [1.54, 1.807) is 18.2 Å². The number of rotatable bonds is 4. The molecule has 1 aliphatic rings. The Morgan fingerprint density at radius 3 is 2.48 bits per heavy atom. The topological polar surface area (TPSA) is 86.5 Å². The standard InChI is InChI=1S/C25H19NO5/c1-15-11-18-14-19(12-16-7-6-10-20(13-16)26(29)30)24(27)23(18)22(21(15)25(28)31-2)17-8-4-3-5-9-17/h3-13H,14H2,1-2H3/b19-12-. The molecule has 3 aromatic rings. The molecule has 0 N–H and O–H groups in total. The van der Waals surface area contributed by atoms with Gasteiger partial charge < -0.3 is 4.74 Å². The van der Waals surface area contributed by atoms with Crippen LogP contribution in [-0.2, 0) is 11.2 Å². The van der Waals surface area contributed by atoms with Crippen LogP contribution in [-0.4, -0.2) is 23.8 Å². The minimum atomic E-state index is -0.497. The maximum absolute atomic E-state index is 13.4. The number of Topliss-reactive ketones (excluding diaryl/α,β-unsaturated/α-hetero) is 1. The summed E-state index contributed by atoms with van der Waals surface area (Å²) < 4.78 is 5.00. The third-order valence-electron chi connectivity index (χ3n) is 5.38. The number of nitrogens with zero attached hydrogens (tertiary/aromatic N) is 1. The molecule has 31 heavy (non-hydrogen) atoms. The zero-order valence-electron chi connectivity index (χ0n) is 17.0. The van der Waals surface area contributed by atoms with E-state index < -0.39 is 10.9 Å². The van der Waals surface area contributed by atoms with Crippen molar-refractivity contribution in [3.8, 4) is 11.1 Å². The number of ketones is 1. The molecular weight excluding hydrogens is 394 g/mol. The van der Waals surface area contributed by atoms with Crippen molar-refractivity contribution in [3.63, 3.8) is 0 Å². The summed E-state index contributed by atoms with van der Waals surface area (Å²) in [6, 6.07) is 17.3. The molecule has 0 amide bonds. The Labute approximate surface area is 178 Å². The highest BCUT2D eigenvalue weighted by molar-refractivity contribution is 6.21. The molecule has 0 aliphatic heterocycles. The molecule has 6 nitrogen and oxygen atoms in total. The van der Waals surface area contributed by atoms with Gasteiger partial charge in [0.2, 0.25) is 0 Å². The maximum atomic E-state index is 13.4. The Morgan fingerprint density at radius 2 is 1.81 bits per heavy atom. The SMILES string of the molecule is COC(=O)c1c(C)cc2c(c1-c1ccccc1)C(=O)/C(=C\c1cccc([N+](=O)[O-])c1)C2. The molecule has 4 rings (SSSR count). The monoisotopic (exact) mass is 413 g/mol. The van der Waals surface area contributed by atoms with Gasteiger partial charge in [0.1, 0.15) is 0 Å². The Bertz CT molecular complexity index is 1260. The number of ether oxygens (including phenoxy) is 1. The molecule has 3 aromatic carbocycles. The predicted molar refractivity (Wildman–Crippen MR) is 117 cm³/mol. The lowest BCUT2D eigenvalue weighted by atomic mass is 9.88. The molecule has 0 saturated carbocycles. The lowest BCUT2D eigenvalue weighted by Crippen LogP contribution is -2.10. The molecule has 0 spiro atoms. The second kappa shape index (κ2) is 7.99. The second-order valence-electron chi connectivity index (χ2n) is 7.36. The van der Waals surface area contributed by atoms with Gasteiger partial charge in [0.05, 0.1) is 17.6 Å². The van der Waals surface area contributed by atoms with Crippen LogP contribution in [0.25, 0.3) is 17.2 Å². The number of aryl methyl sites for hydroxylation is 1. The molecule has 6 heteroatoms. The molecule has 154 valence electrons. The number of esters is 1. The van der Waals surface area contributed by atoms with Gasteiger partial charge in [0.15, 0.2) is 5.78 Å². The van der Waals surface area contributed by atoms with Crippen molar-refractivity contribution >= 4 is 23.5 Å². The fourth-order valence-electron chi connectivity index (χ4n) is 4.04. The van der Waals surface area contributed by atoms with Crippen molar-refractivity contribution in [2.24, 2.45) is 0 Å². The van der Waals surface area contributed by atoms with E-state index in [-0.39, 0.29) is 11.5 Å². The van der Waals surface area contributed by atoms with E-state index in [9.17, 15) is 19.7 Å². The first-order valence-electron chi connectivity index (χ1n) is 9.70. The van der Waals surface area contributed by atoms with E-state index in [2.05, 4.69) is 0 Å². The van der Waals surface area contributed by atoms with Crippen molar-refractivity contribution in [1.29, 1.82) is 0 Å². The molecule has 0 radical (unpaired) electrons. The highest BCUT2D eigenvalue weighted by Gasteiger charge is 2.32. The van der Waals surface area contributed by atoms with Crippen LogP contribution in [0.1, 0.15) is 37.4 Å². The van der Waals surface area contributed by atoms with Gasteiger partial charge in [-0.25, -0.2) is 4.79 Å². The van der Waals surface area contributed by atoms with Crippen LogP contribution in [0.3, 0.4) is 0 Å². The number of nitro groups is 1. The van der Waals surface area contributed by atoms with Gasteiger partial charge in [0, 0.05) is 35.3 Å². The third-order valence-corrected chi connectivity index (χ3v) is 5.38. The highest BCUT2D eigenvalue weighted by atomic mass is 16.6. The fraction of sp³-hybridized carbons (Fsp3) is 0.120.